The topological polar surface area (TPSA) is 118 Å². The van der Waals surface area contributed by atoms with E-state index in [9.17, 15) is 19.2 Å². The molecule has 0 fully saturated rings. The molecule has 1 aromatic heterocycles. The Labute approximate surface area is 174 Å². The molecule has 0 saturated carbocycles. The molecule has 0 aliphatic rings. The summed E-state index contributed by atoms with van der Waals surface area (Å²) in [5, 5.41) is 0. The van der Waals surface area contributed by atoms with Crippen LogP contribution in [0.25, 0.3) is 0 Å². The molecule has 8 nitrogen and oxygen atoms in total. The highest BCUT2D eigenvalue weighted by Crippen LogP contribution is 2.27. The summed E-state index contributed by atoms with van der Waals surface area (Å²) in [6, 6.07) is 10.2. The van der Waals surface area contributed by atoms with Crippen molar-refractivity contribution >= 4 is 17.8 Å². The molecule has 2 N–H and O–H groups in total. The van der Waals surface area contributed by atoms with Gasteiger partial charge in [-0.05, 0) is 11.5 Å². The van der Waals surface area contributed by atoms with Gasteiger partial charge in [-0.3, -0.25) is 19.2 Å². The lowest BCUT2D eigenvalue weighted by molar-refractivity contribution is -0.148. The highest BCUT2D eigenvalue weighted by Gasteiger charge is 2.24. The van der Waals surface area contributed by atoms with E-state index in [1.54, 1.807) is 28.8 Å². The first-order chi connectivity index (χ1) is 14.2. The van der Waals surface area contributed by atoms with Gasteiger partial charge in [-0.15, -0.1) is 0 Å². The summed E-state index contributed by atoms with van der Waals surface area (Å²) < 4.78 is 12.3. The number of amides is 1. The molecular formula is C22H26N2O6. The number of benzene rings is 1. The molecule has 2 aromatic rings. The SMILES string of the molecule is CC(=O)OCCn1cc(C(N)=O)c(=O)cc1[C@H](OC(=O)CC(C)C)c1ccccc1. The van der Waals surface area contributed by atoms with E-state index in [1.807, 2.05) is 19.9 Å². The second-order valence-corrected chi connectivity index (χ2v) is 7.25. The molecular weight excluding hydrogens is 388 g/mol. The Bertz CT molecular complexity index is 965. The summed E-state index contributed by atoms with van der Waals surface area (Å²) in [6.45, 7) is 5.22. The maximum Gasteiger partial charge on any atom is 0.307 e. The monoisotopic (exact) mass is 414 g/mol. The molecule has 160 valence electrons. The quantitative estimate of drug-likeness (QED) is 0.629. The minimum absolute atomic E-state index is 0.00482. The molecule has 1 amide bonds. The van der Waals surface area contributed by atoms with Crippen LogP contribution < -0.4 is 11.2 Å². The normalized spacial score (nSPS) is 11.7. The van der Waals surface area contributed by atoms with E-state index in [2.05, 4.69) is 0 Å². The molecule has 30 heavy (non-hydrogen) atoms. The Kier molecular flexibility index (Phi) is 7.91. The number of pyridine rings is 1. The van der Waals surface area contributed by atoms with Gasteiger partial charge >= 0.3 is 11.9 Å². The second kappa shape index (κ2) is 10.4. The van der Waals surface area contributed by atoms with E-state index in [1.165, 1.54) is 19.2 Å². The number of ether oxygens (including phenoxy) is 2. The highest BCUT2D eigenvalue weighted by molar-refractivity contribution is 5.92. The van der Waals surface area contributed by atoms with Crippen molar-refractivity contribution in [3.05, 3.63) is 69.6 Å². The summed E-state index contributed by atoms with van der Waals surface area (Å²) in [5.41, 5.74) is 5.52. The van der Waals surface area contributed by atoms with Crippen molar-refractivity contribution < 1.29 is 23.9 Å². The molecule has 2 rings (SSSR count). The fraction of sp³-hybridized carbons (Fsp3) is 0.364. The van der Waals surface area contributed by atoms with Crippen molar-refractivity contribution in [2.75, 3.05) is 6.61 Å². The van der Waals surface area contributed by atoms with E-state index in [0.29, 0.717) is 11.3 Å². The number of aromatic nitrogens is 1. The number of carbonyl (C=O) groups excluding carboxylic acids is 3. The minimum atomic E-state index is -0.885. The van der Waals surface area contributed by atoms with Crippen LogP contribution in [0.2, 0.25) is 0 Å². The van der Waals surface area contributed by atoms with Gasteiger partial charge in [-0.1, -0.05) is 44.2 Å². The predicted molar refractivity (Wildman–Crippen MR) is 110 cm³/mol. The summed E-state index contributed by atoms with van der Waals surface area (Å²) >= 11 is 0. The van der Waals surface area contributed by atoms with Crippen molar-refractivity contribution in [3.63, 3.8) is 0 Å². The number of esters is 2. The lowest BCUT2D eigenvalue weighted by atomic mass is 10.0. The van der Waals surface area contributed by atoms with Crippen molar-refractivity contribution in [2.24, 2.45) is 11.7 Å². The van der Waals surface area contributed by atoms with Gasteiger partial charge in [0.1, 0.15) is 12.2 Å². The Hall–Kier alpha value is -3.42. The summed E-state index contributed by atoms with van der Waals surface area (Å²) in [6.07, 6.45) is 0.625. The fourth-order valence-electron chi connectivity index (χ4n) is 2.92. The Balaban J connectivity index is 2.54. The number of primary amides is 1. The molecule has 0 unspecified atom stereocenters. The van der Waals surface area contributed by atoms with Crippen LogP contribution in [0.15, 0.2) is 47.4 Å². The van der Waals surface area contributed by atoms with Crippen LogP contribution >= 0.6 is 0 Å². The highest BCUT2D eigenvalue weighted by atomic mass is 16.5. The maximum atomic E-state index is 12.5. The smallest absolute Gasteiger partial charge is 0.307 e. The van der Waals surface area contributed by atoms with Crippen LogP contribution in [0.3, 0.4) is 0 Å². The van der Waals surface area contributed by atoms with Gasteiger partial charge in [-0.25, -0.2) is 0 Å². The lowest BCUT2D eigenvalue weighted by Crippen LogP contribution is -2.28. The van der Waals surface area contributed by atoms with Crippen molar-refractivity contribution in [3.8, 4) is 0 Å². The minimum Gasteiger partial charge on any atom is -0.464 e. The lowest BCUT2D eigenvalue weighted by Gasteiger charge is -2.24. The largest absolute Gasteiger partial charge is 0.464 e. The van der Waals surface area contributed by atoms with E-state index >= 15 is 0 Å². The van der Waals surface area contributed by atoms with Crippen LogP contribution in [0, 0.1) is 5.92 Å². The van der Waals surface area contributed by atoms with Crippen LogP contribution in [-0.4, -0.2) is 29.0 Å². The first kappa shape index (κ1) is 22.9. The first-order valence-electron chi connectivity index (χ1n) is 9.61. The zero-order valence-electron chi connectivity index (χ0n) is 17.3. The van der Waals surface area contributed by atoms with Gasteiger partial charge in [0.15, 0.2) is 11.5 Å². The zero-order chi connectivity index (χ0) is 22.3. The van der Waals surface area contributed by atoms with Gasteiger partial charge in [0.2, 0.25) is 0 Å². The number of rotatable bonds is 9. The molecule has 1 aromatic carbocycles. The average molecular weight is 414 g/mol. The number of hydrogen-bond donors (Lipinski definition) is 1. The van der Waals surface area contributed by atoms with Crippen molar-refractivity contribution in [1.82, 2.24) is 4.57 Å². The Morgan fingerprint density at radius 2 is 1.80 bits per heavy atom. The Morgan fingerprint density at radius 1 is 1.13 bits per heavy atom. The van der Waals surface area contributed by atoms with Gasteiger partial charge in [-0.2, -0.15) is 0 Å². The van der Waals surface area contributed by atoms with E-state index in [-0.39, 0.29) is 31.1 Å². The fourth-order valence-corrected chi connectivity index (χ4v) is 2.92. The van der Waals surface area contributed by atoms with Crippen LogP contribution in [0.4, 0.5) is 0 Å². The van der Waals surface area contributed by atoms with Gasteiger partial charge in [0, 0.05) is 25.6 Å². The van der Waals surface area contributed by atoms with Gasteiger partial charge < -0.3 is 19.8 Å². The number of nitrogens with zero attached hydrogens (tertiary/aromatic N) is 1. The molecule has 0 spiro atoms. The average Bonchev–Trinajstić information content (AvgIpc) is 2.66. The molecule has 0 saturated heterocycles. The van der Waals surface area contributed by atoms with Crippen molar-refractivity contribution in [1.29, 1.82) is 0 Å². The summed E-state index contributed by atoms with van der Waals surface area (Å²) in [4.78, 5) is 47.7. The molecule has 8 heteroatoms. The van der Waals surface area contributed by atoms with Crippen LogP contribution in [-0.2, 0) is 25.6 Å². The van der Waals surface area contributed by atoms with Crippen LogP contribution in [0.1, 0.15) is 54.9 Å². The third-order valence-electron chi connectivity index (χ3n) is 4.26. The molecule has 0 radical (unpaired) electrons. The summed E-state index contributed by atoms with van der Waals surface area (Å²) in [7, 11) is 0. The molecule has 0 aliphatic heterocycles. The van der Waals surface area contributed by atoms with E-state index < -0.39 is 29.4 Å². The van der Waals surface area contributed by atoms with E-state index in [4.69, 9.17) is 15.2 Å². The van der Waals surface area contributed by atoms with E-state index in [0.717, 1.165) is 0 Å². The molecule has 0 bridgehead atoms. The third-order valence-corrected chi connectivity index (χ3v) is 4.26. The molecule has 1 heterocycles. The molecule has 1 atom stereocenters. The Morgan fingerprint density at radius 3 is 2.37 bits per heavy atom. The zero-order valence-corrected chi connectivity index (χ0v) is 17.3. The third kappa shape index (κ3) is 6.30. The van der Waals surface area contributed by atoms with Crippen LogP contribution in [0.5, 0.6) is 0 Å². The van der Waals surface area contributed by atoms with Gasteiger partial charge in [0.05, 0.1) is 12.2 Å². The second-order valence-electron chi connectivity index (χ2n) is 7.25. The van der Waals surface area contributed by atoms with Gasteiger partial charge in [0.25, 0.3) is 5.91 Å². The number of nitrogens with two attached hydrogens (primary N) is 1. The number of carbonyl (C=O) groups is 3. The van der Waals surface area contributed by atoms with Crippen molar-refractivity contribution in [2.45, 2.75) is 39.8 Å². The number of hydrogen-bond acceptors (Lipinski definition) is 6. The maximum absolute atomic E-state index is 12.5. The summed E-state index contributed by atoms with van der Waals surface area (Å²) in [5.74, 6) is -1.66. The first-order valence-corrected chi connectivity index (χ1v) is 9.61. The predicted octanol–water partition coefficient (Wildman–Crippen LogP) is 2.19. The standard InChI is InChI=1S/C22H26N2O6/c1-14(2)11-20(27)30-21(16-7-5-4-6-8-16)18-12-19(26)17(22(23)28)13-24(18)9-10-29-15(3)25/h4-8,12-14,21H,9-11H2,1-3H3,(H2,23,28)/t21-/m1/s1. The molecule has 0 aliphatic carbocycles.